The van der Waals surface area contributed by atoms with Crippen molar-refractivity contribution in [3.8, 4) is 5.75 Å². The highest BCUT2D eigenvalue weighted by atomic mass is 16.5. The Labute approximate surface area is 258 Å². The monoisotopic (exact) mass is 593 g/mol. The molecule has 1 amide bonds. The number of aromatic hydroxyl groups is 1. The second kappa shape index (κ2) is 22.8. The van der Waals surface area contributed by atoms with E-state index in [2.05, 4.69) is 66.9 Å². The van der Waals surface area contributed by atoms with E-state index in [0.717, 1.165) is 32.1 Å². The van der Waals surface area contributed by atoms with Crippen LogP contribution in [0.1, 0.15) is 95.8 Å². The van der Waals surface area contributed by atoms with Gasteiger partial charge in [0.15, 0.2) is 5.78 Å². The van der Waals surface area contributed by atoms with Gasteiger partial charge < -0.3 is 20.3 Å². The summed E-state index contributed by atoms with van der Waals surface area (Å²) < 4.78 is 5.87. The number of hydrogen-bond acceptors (Lipinski definition) is 5. The molecule has 3 N–H and O–H groups in total. The molecule has 0 saturated heterocycles. The smallest absolute Gasteiger partial charge is 0.339 e. The molecule has 43 heavy (non-hydrogen) atoms. The van der Waals surface area contributed by atoms with Crippen molar-refractivity contribution in [1.29, 1.82) is 0 Å². The SMILES string of the molecule is CC/C=C\C/C=C\C/C=C\C/C=C\C/C=C\CCOC(CC)C(=O)CC(CC(C)C)C(=O)Nc1ccc(O)c(C(=O)O)c1. The van der Waals surface area contributed by atoms with Gasteiger partial charge in [0.25, 0.3) is 0 Å². The number of phenols is 1. The van der Waals surface area contributed by atoms with Gasteiger partial charge in [-0.25, -0.2) is 4.79 Å². The van der Waals surface area contributed by atoms with Gasteiger partial charge >= 0.3 is 5.97 Å². The predicted molar refractivity (Wildman–Crippen MR) is 175 cm³/mol. The minimum atomic E-state index is -1.30. The van der Waals surface area contributed by atoms with Crippen LogP contribution in [-0.4, -0.2) is 40.6 Å². The molecule has 1 aromatic carbocycles. The third kappa shape index (κ3) is 17.1. The summed E-state index contributed by atoms with van der Waals surface area (Å²) in [4.78, 5) is 37.4. The molecule has 2 atom stereocenters. The molecule has 0 radical (unpaired) electrons. The number of rotatable bonds is 22. The molecule has 0 fully saturated rings. The number of carbonyl (C=O) groups excluding carboxylic acids is 2. The fourth-order valence-electron chi connectivity index (χ4n) is 4.34. The summed E-state index contributed by atoms with van der Waals surface area (Å²) in [5.74, 6) is -2.57. The summed E-state index contributed by atoms with van der Waals surface area (Å²) in [6.45, 7) is 8.40. The maximum atomic E-state index is 13.1. The third-order valence-electron chi connectivity index (χ3n) is 6.56. The van der Waals surface area contributed by atoms with Gasteiger partial charge in [-0.1, -0.05) is 88.5 Å². The van der Waals surface area contributed by atoms with Crippen LogP contribution in [0.15, 0.2) is 79.0 Å². The first-order valence-corrected chi connectivity index (χ1v) is 15.5. The van der Waals surface area contributed by atoms with Crippen molar-refractivity contribution in [2.45, 2.75) is 91.6 Å². The largest absolute Gasteiger partial charge is 0.507 e. The van der Waals surface area contributed by atoms with E-state index in [1.165, 1.54) is 18.2 Å². The van der Waals surface area contributed by atoms with Crippen LogP contribution in [-0.2, 0) is 14.3 Å². The lowest BCUT2D eigenvalue weighted by Crippen LogP contribution is -2.32. The number of carbonyl (C=O) groups is 3. The molecule has 1 aromatic rings. The minimum absolute atomic E-state index is 0.0358. The van der Waals surface area contributed by atoms with E-state index < -0.39 is 18.0 Å². The summed E-state index contributed by atoms with van der Waals surface area (Å²) in [6, 6.07) is 3.86. The van der Waals surface area contributed by atoms with Gasteiger partial charge in [0.05, 0.1) is 6.61 Å². The zero-order valence-corrected chi connectivity index (χ0v) is 26.3. The summed E-state index contributed by atoms with van der Waals surface area (Å²) in [5.41, 5.74) is -0.0528. The summed E-state index contributed by atoms with van der Waals surface area (Å²) in [5, 5.41) is 21.7. The summed E-state index contributed by atoms with van der Waals surface area (Å²) in [6.07, 6.45) is 27.4. The molecule has 0 aliphatic carbocycles. The number of Topliss-reactive ketones (excluding diaryl/α,β-unsaturated/α-hetero) is 1. The zero-order chi connectivity index (χ0) is 31.9. The number of amides is 1. The average Bonchev–Trinajstić information content (AvgIpc) is 2.96. The van der Waals surface area contributed by atoms with Crippen LogP contribution in [0.5, 0.6) is 5.75 Å². The van der Waals surface area contributed by atoms with E-state index in [-0.39, 0.29) is 41.0 Å². The first-order valence-electron chi connectivity index (χ1n) is 15.5. The third-order valence-corrected chi connectivity index (χ3v) is 6.56. The molecule has 2 unspecified atom stereocenters. The van der Waals surface area contributed by atoms with Gasteiger partial charge in [0.1, 0.15) is 17.4 Å². The lowest BCUT2D eigenvalue weighted by molar-refractivity contribution is -0.134. The molecule has 0 aliphatic heterocycles. The zero-order valence-electron chi connectivity index (χ0n) is 26.3. The Morgan fingerprint density at radius 1 is 0.860 bits per heavy atom. The Balaban J connectivity index is 2.46. The Kier molecular flexibility index (Phi) is 19.8. The first kappa shape index (κ1) is 37.3. The van der Waals surface area contributed by atoms with Crippen LogP contribution in [0.3, 0.4) is 0 Å². The number of hydrogen-bond donors (Lipinski definition) is 3. The van der Waals surface area contributed by atoms with Crippen molar-refractivity contribution in [3.05, 3.63) is 84.5 Å². The highest BCUT2D eigenvalue weighted by Gasteiger charge is 2.27. The topological polar surface area (TPSA) is 113 Å². The standard InChI is InChI=1S/C36H51NO6/c1-5-7-8-9-10-11-12-13-14-15-16-17-18-19-20-21-24-43-34(6-2)33(39)26-29(25-28(3)4)35(40)37-30-22-23-32(38)31(27-30)36(41)42/h7-8,10-11,13-14,16-17,19-20,22-23,27-29,34,38H,5-6,9,12,15,18,21,24-26H2,1-4H3,(H,37,40)(H,41,42)/b8-7-,11-10-,14-13-,17-16-,20-19-. The lowest BCUT2D eigenvalue weighted by Gasteiger charge is -2.21. The number of anilines is 1. The van der Waals surface area contributed by atoms with Crippen LogP contribution < -0.4 is 5.32 Å². The molecular weight excluding hydrogens is 542 g/mol. The molecule has 0 aliphatic rings. The number of ether oxygens (including phenoxy) is 1. The summed E-state index contributed by atoms with van der Waals surface area (Å²) >= 11 is 0. The van der Waals surface area contributed by atoms with Gasteiger partial charge in [-0.15, -0.1) is 0 Å². The predicted octanol–water partition coefficient (Wildman–Crippen LogP) is 8.59. The second-order valence-electron chi connectivity index (χ2n) is 10.8. The van der Waals surface area contributed by atoms with Crippen LogP contribution >= 0.6 is 0 Å². The highest BCUT2D eigenvalue weighted by molar-refractivity contribution is 5.98. The first-order chi connectivity index (χ1) is 20.7. The number of benzene rings is 1. The normalized spacial score (nSPS) is 13.7. The second-order valence-corrected chi connectivity index (χ2v) is 10.8. The lowest BCUT2D eigenvalue weighted by atomic mass is 9.90. The van der Waals surface area contributed by atoms with E-state index in [4.69, 9.17) is 4.74 Å². The van der Waals surface area contributed by atoms with E-state index in [1.54, 1.807) is 0 Å². The van der Waals surface area contributed by atoms with Gasteiger partial charge in [0.2, 0.25) is 5.91 Å². The Hall–Kier alpha value is -3.71. The van der Waals surface area contributed by atoms with Gasteiger partial charge in [-0.3, -0.25) is 9.59 Å². The number of nitrogens with one attached hydrogen (secondary N) is 1. The van der Waals surface area contributed by atoms with Crippen LogP contribution in [0, 0.1) is 11.8 Å². The quantitative estimate of drug-likeness (QED) is 0.0705. The maximum Gasteiger partial charge on any atom is 0.339 e. The molecule has 1 rings (SSSR count). The van der Waals surface area contributed by atoms with Gasteiger partial charge in [0, 0.05) is 18.0 Å². The molecule has 0 heterocycles. The van der Waals surface area contributed by atoms with E-state index >= 15 is 0 Å². The number of carboxylic acid groups (broad SMARTS) is 1. The van der Waals surface area contributed by atoms with Gasteiger partial charge in [-0.2, -0.15) is 0 Å². The Morgan fingerprint density at radius 2 is 1.42 bits per heavy atom. The van der Waals surface area contributed by atoms with E-state index in [0.29, 0.717) is 25.9 Å². The van der Waals surface area contributed by atoms with Crippen molar-refractivity contribution in [2.24, 2.45) is 11.8 Å². The van der Waals surface area contributed by atoms with Crippen LogP contribution in [0.4, 0.5) is 5.69 Å². The average molecular weight is 594 g/mol. The summed E-state index contributed by atoms with van der Waals surface area (Å²) in [7, 11) is 0. The minimum Gasteiger partial charge on any atom is -0.507 e. The molecule has 0 aromatic heterocycles. The van der Waals surface area contributed by atoms with E-state index in [9.17, 15) is 24.6 Å². The molecule has 0 bridgehead atoms. The molecule has 0 spiro atoms. The van der Waals surface area contributed by atoms with Crippen molar-refractivity contribution >= 4 is 23.3 Å². The molecular formula is C36H51NO6. The van der Waals surface area contributed by atoms with Crippen molar-refractivity contribution in [3.63, 3.8) is 0 Å². The molecule has 7 nitrogen and oxygen atoms in total. The highest BCUT2D eigenvalue weighted by Crippen LogP contribution is 2.24. The Bertz CT molecular complexity index is 1130. The molecule has 236 valence electrons. The molecule has 7 heteroatoms. The van der Waals surface area contributed by atoms with Gasteiger partial charge in [-0.05, 0) is 75.5 Å². The number of allylic oxidation sites excluding steroid dienone is 9. The maximum absolute atomic E-state index is 13.1. The fourth-order valence-corrected chi connectivity index (χ4v) is 4.34. The van der Waals surface area contributed by atoms with Crippen LogP contribution in [0.25, 0.3) is 0 Å². The van der Waals surface area contributed by atoms with Crippen molar-refractivity contribution in [1.82, 2.24) is 0 Å². The molecule has 0 saturated carbocycles. The van der Waals surface area contributed by atoms with E-state index in [1.807, 2.05) is 26.8 Å². The Morgan fingerprint density at radius 3 is 1.93 bits per heavy atom. The van der Waals surface area contributed by atoms with Crippen LogP contribution in [0.2, 0.25) is 0 Å². The fraction of sp³-hybridized carbons (Fsp3) is 0.472. The number of ketones is 1. The van der Waals surface area contributed by atoms with Crippen molar-refractivity contribution < 1.29 is 29.3 Å². The number of aromatic carboxylic acids is 1. The number of carboxylic acids is 1. The van der Waals surface area contributed by atoms with Crippen molar-refractivity contribution in [2.75, 3.05) is 11.9 Å².